The lowest BCUT2D eigenvalue weighted by atomic mass is 10.3. The van der Waals surface area contributed by atoms with Crippen molar-refractivity contribution < 1.29 is 13.2 Å². The molecule has 0 amide bonds. The van der Waals surface area contributed by atoms with Gasteiger partial charge in [-0.25, -0.2) is 4.98 Å². The predicted octanol–water partition coefficient (Wildman–Crippen LogP) is 3.30. The molecule has 0 unspecified atom stereocenters. The van der Waals surface area contributed by atoms with Gasteiger partial charge in [-0.2, -0.15) is 13.2 Å². The first kappa shape index (κ1) is 14.4. The summed E-state index contributed by atoms with van der Waals surface area (Å²) < 4.78 is 37.6. The number of pyridine rings is 1. The van der Waals surface area contributed by atoms with Crippen LogP contribution in [0.3, 0.4) is 0 Å². The third-order valence-electron chi connectivity index (χ3n) is 2.97. The number of hydrogen-bond acceptors (Lipinski definition) is 3. The Hall–Kier alpha value is -1.01. The fourth-order valence-electron chi connectivity index (χ4n) is 1.91. The summed E-state index contributed by atoms with van der Waals surface area (Å²) in [5.41, 5.74) is 0.477. The summed E-state index contributed by atoms with van der Waals surface area (Å²) in [6.07, 6.45) is -2.59. The molecule has 1 saturated carbocycles. The van der Waals surface area contributed by atoms with Crippen molar-refractivity contribution >= 4 is 17.4 Å². The van der Waals surface area contributed by atoms with Crippen molar-refractivity contribution in [3.05, 3.63) is 22.8 Å². The normalized spacial score (nSPS) is 15.9. The molecule has 3 nitrogen and oxygen atoms in total. The van der Waals surface area contributed by atoms with Gasteiger partial charge in [-0.1, -0.05) is 11.6 Å². The van der Waals surface area contributed by atoms with Gasteiger partial charge in [0.25, 0.3) is 0 Å². The summed E-state index contributed by atoms with van der Waals surface area (Å²) in [6, 6.07) is 3.34. The van der Waals surface area contributed by atoms with Crippen LogP contribution in [-0.2, 0) is 6.54 Å². The number of rotatable bonds is 5. The largest absolute Gasteiger partial charge is 0.401 e. The third kappa shape index (κ3) is 4.24. The quantitative estimate of drug-likeness (QED) is 0.903. The maximum atomic E-state index is 12.5. The van der Waals surface area contributed by atoms with Crippen molar-refractivity contribution in [2.75, 3.05) is 18.9 Å². The van der Waals surface area contributed by atoms with E-state index in [1.54, 1.807) is 19.2 Å². The number of aromatic nitrogens is 1. The zero-order valence-electron chi connectivity index (χ0n) is 10.5. The van der Waals surface area contributed by atoms with Crippen LogP contribution in [0.15, 0.2) is 12.1 Å². The number of nitrogens with one attached hydrogen (secondary N) is 1. The molecule has 1 aromatic heterocycles. The molecule has 106 valence electrons. The highest BCUT2D eigenvalue weighted by Gasteiger charge is 2.38. The Morgan fingerprint density at radius 3 is 2.63 bits per heavy atom. The van der Waals surface area contributed by atoms with Crippen LogP contribution in [0.4, 0.5) is 19.0 Å². The minimum Gasteiger partial charge on any atom is -0.373 e. The molecule has 1 N–H and O–H groups in total. The Kier molecular flexibility index (Phi) is 4.20. The fourth-order valence-corrected chi connectivity index (χ4v) is 2.08. The van der Waals surface area contributed by atoms with E-state index in [-0.39, 0.29) is 12.6 Å². The highest BCUT2D eigenvalue weighted by atomic mass is 35.5. The molecule has 19 heavy (non-hydrogen) atoms. The van der Waals surface area contributed by atoms with Crippen molar-refractivity contribution in [3.8, 4) is 0 Å². The summed E-state index contributed by atoms with van der Waals surface area (Å²) in [7, 11) is 1.70. The average Bonchev–Trinajstić information content (AvgIpc) is 3.13. The molecule has 0 saturated heterocycles. The Morgan fingerprint density at radius 2 is 2.11 bits per heavy atom. The van der Waals surface area contributed by atoms with Crippen molar-refractivity contribution in [2.45, 2.75) is 31.6 Å². The van der Waals surface area contributed by atoms with E-state index in [1.807, 2.05) is 0 Å². The topological polar surface area (TPSA) is 28.2 Å². The lowest BCUT2D eigenvalue weighted by Gasteiger charge is -2.23. The summed E-state index contributed by atoms with van der Waals surface area (Å²) in [6.45, 7) is -0.794. The predicted molar refractivity (Wildman–Crippen MR) is 68.3 cm³/mol. The standard InChI is InChI=1S/C12H15ClF3N3/c1-17-11-5-4-9(13)10(18-11)6-19(8-2-3-8)7-12(14,15)16/h4-5,8H,2-3,6-7H2,1H3,(H,17,18). The molecular weight excluding hydrogens is 279 g/mol. The summed E-state index contributed by atoms with van der Waals surface area (Å²) in [4.78, 5) is 5.62. The molecule has 0 radical (unpaired) electrons. The van der Waals surface area contributed by atoms with Crippen LogP contribution >= 0.6 is 11.6 Å². The summed E-state index contributed by atoms with van der Waals surface area (Å²) >= 11 is 6.00. The van der Waals surface area contributed by atoms with E-state index in [2.05, 4.69) is 10.3 Å². The van der Waals surface area contributed by atoms with Gasteiger partial charge in [-0.15, -0.1) is 0 Å². The van der Waals surface area contributed by atoms with Gasteiger partial charge in [0, 0.05) is 19.6 Å². The van der Waals surface area contributed by atoms with Gasteiger partial charge in [0.15, 0.2) is 0 Å². The zero-order chi connectivity index (χ0) is 14.0. The van der Waals surface area contributed by atoms with E-state index in [9.17, 15) is 13.2 Å². The maximum absolute atomic E-state index is 12.5. The Bertz CT molecular complexity index is 446. The molecule has 1 fully saturated rings. The second kappa shape index (κ2) is 5.54. The molecule has 2 rings (SSSR count). The lowest BCUT2D eigenvalue weighted by molar-refractivity contribution is -0.148. The van der Waals surface area contributed by atoms with E-state index in [0.717, 1.165) is 12.8 Å². The van der Waals surface area contributed by atoms with E-state index < -0.39 is 12.7 Å². The molecule has 1 aromatic rings. The van der Waals surface area contributed by atoms with Gasteiger partial charge in [0.1, 0.15) is 5.82 Å². The molecular formula is C12H15ClF3N3. The van der Waals surface area contributed by atoms with Gasteiger partial charge >= 0.3 is 6.18 Å². The van der Waals surface area contributed by atoms with Crippen molar-refractivity contribution in [1.29, 1.82) is 0 Å². The van der Waals surface area contributed by atoms with Crippen LogP contribution in [0.1, 0.15) is 18.5 Å². The van der Waals surface area contributed by atoms with Crippen LogP contribution < -0.4 is 5.32 Å². The molecule has 0 atom stereocenters. The zero-order valence-corrected chi connectivity index (χ0v) is 11.2. The van der Waals surface area contributed by atoms with E-state index >= 15 is 0 Å². The van der Waals surface area contributed by atoms with Crippen molar-refractivity contribution in [2.24, 2.45) is 0 Å². The monoisotopic (exact) mass is 293 g/mol. The first-order valence-electron chi connectivity index (χ1n) is 6.03. The highest BCUT2D eigenvalue weighted by molar-refractivity contribution is 6.31. The summed E-state index contributed by atoms with van der Waals surface area (Å²) in [5.74, 6) is 0.599. The molecule has 1 aliphatic rings. The molecule has 1 aliphatic carbocycles. The first-order chi connectivity index (χ1) is 8.89. The van der Waals surface area contributed by atoms with Crippen LogP contribution in [0, 0.1) is 0 Å². The average molecular weight is 294 g/mol. The molecule has 0 bridgehead atoms. The first-order valence-corrected chi connectivity index (χ1v) is 6.41. The smallest absolute Gasteiger partial charge is 0.373 e. The molecule has 0 aliphatic heterocycles. The van der Waals surface area contributed by atoms with Crippen LogP contribution in [-0.4, -0.2) is 35.7 Å². The summed E-state index contributed by atoms with van der Waals surface area (Å²) in [5, 5.41) is 3.25. The van der Waals surface area contributed by atoms with Crippen LogP contribution in [0.25, 0.3) is 0 Å². The van der Waals surface area contributed by atoms with Crippen molar-refractivity contribution in [3.63, 3.8) is 0 Å². The number of anilines is 1. The Labute approximate surface area is 114 Å². The fraction of sp³-hybridized carbons (Fsp3) is 0.583. The van der Waals surface area contributed by atoms with Gasteiger partial charge in [0.05, 0.1) is 17.3 Å². The number of hydrogen-bond donors (Lipinski definition) is 1. The van der Waals surface area contributed by atoms with Crippen LogP contribution in [0.5, 0.6) is 0 Å². The second-order valence-corrected chi connectivity index (χ2v) is 5.03. The van der Waals surface area contributed by atoms with Gasteiger partial charge in [-0.05, 0) is 25.0 Å². The molecule has 7 heteroatoms. The molecule has 0 aromatic carbocycles. The maximum Gasteiger partial charge on any atom is 0.401 e. The Morgan fingerprint density at radius 1 is 1.42 bits per heavy atom. The van der Waals surface area contributed by atoms with E-state index in [1.165, 1.54) is 4.90 Å². The molecule has 0 spiro atoms. The number of nitrogens with zero attached hydrogens (tertiary/aromatic N) is 2. The number of halogens is 4. The second-order valence-electron chi connectivity index (χ2n) is 4.63. The van der Waals surface area contributed by atoms with Crippen molar-refractivity contribution in [1.82, 2.24) is 9.88 Å². The highest BCUT2D eigenvalue weighted by Crippen LogP contribution is 2.32. The minimum atomic E-state index is -4.20. The lowest BCUT2D eigenvalue weighted by Crippen LogP contribution is -2.35. The SMILES string of the molecule is CNc1ccc(Cl)c(CN(CC(F)(F)F)C2CC2)n1. The van der Waals surface area contributed by atoms with Gasteiger partial charge in [-0.3, -0.25) is 4.90 Å². The van der Waals surface area contributed by atoms with Gasteiger partial charge in [0.2, 0.25) is 0 Å². The third-order valence-corrected chi connectivity index (χ3v) is 3.32. The Balaban J connectivity index is 2.12. The van der Waals surface area contributed by atoms with E-state index in [0.29, 0.717) is 16.5 Å². The molecule has 1 heterocycles. The van der Waals surface area contributed by atoms with Crippen LogP contribution in [0.2, 0.25) is 5.02 Å². The van der Waals surface area contributed by atoms with Gasteiger partial charge < -0.3 is 5.32 Å². The minimum absolute atomic E-state index is 0.00210. The van der Waals surface area contributed by atoms with E-state index in [4.69, 9.17) is 11.6 Å². The number of alkyl halides is 3.